The van der Waals surface area contributed by atoms with Crippen molar-refractivity contribution in [3.8, 4) is 0 Å². The highest BCUT2D eigenvalue weighted by atomic mass is 32.2. The van der Waals surface area contributed by atoms with Crippen molar-refractivity contribution >= 4 is 27.3 Å². The van der Waals surface area contributed by atoms with Gasteiger partial charge in [-0.1, -0.05) is 0 Å². The van der Waals surface area contributed by atoms with Crippen LogP contribution in [0.1, 0.15) is 37.1 Å². The minimum atomic E-state index is -3.07. The van der Waals surface area contributed by atoms with E-state index < -0.39 is 10.0 Å². The van der Waals surface area contributed by atoms with Crippen LogP contribution >= 0.6 is 11.3 Å². The van der Waals surface area contributed by atoms with Crippen LogP contribution in [-0.2, 0) is 21.2 Å². The number of nitrogens with zero attached hydrogens (tertiary/aromatic N) is 2. The molecule has 1 saturated carbocycles. The Labute approximate surface area is 135 Å². The largest absolute Gasteiger partial charge is 0.353 e. The number of hydrogen-bond donors (Lipinski definition) is 1. The second-order valence-electron chi connectivity index (χ2n) is 5.91. The van der Waals surface area contributed by atoms with E-state index in [0.29, 0.717) is 38.8 Å². The molecule has 3 rings (SSSR count). The van der Waals surface area contributed by atoms with Crippen LogP contribution in [0, 0.1) is 0 Å². The fraction of sp³-hybridized carbons (Fsp3) is 0.714. The van der Waals surface area contributed by atoms with Crippen LogP contribution in [0.3, 0.4) is 0 Å². The highest BCUT2D eigenvalue weighted by molar-refractivity contribution is 7.90. The van der Waals surface area contributed by atoms with E-state index >= 15 is 0 Å². The van der Waals surface area contributed by atoms with E-state index in [0.717, 1.165) is 17.8 Å². The Bertz CT molecular complexity index is 603. The molecule has 1 N–H and O–H groups in total. The molecule has 1 aliphatic heterocycles. The number of piperidine rings is 1. The molecule has 0 spiro atoms. The van der Waals surface area contributed by atoms with Crippen LogP contribution in [0.15, 0.2) is 11.6 Å². The van der Waals surface area contributed by atoms with Gasteiger partial charge in [-0.25, -0.2) is 17.7 Å². The molecular formula is C14H21N3O3S2. The normalized spacial score (nSPS) is 20.9. The van der Waals surface area contributed by atoms with Gasteiger partial charge in [-0.05, 0) is 25.7 Å². The highest BCUT2D eigenvalue weighted by Gasteiger charge is 2.41. The number of amides is 1. The first-order valence-electron chi connectivity index (χ1n) is 7.72. The first-order chi connectivity index (χ1) is 10.6. The van der Waals surface area contributed by atoms with Crippen LogP contribution in [0.4, 0.5) is 0 Å². The summed E-state index contributed by atoms with van der Waals surface area (Å²) < 4.78 is 25.9. The van der Waals surface area contributed by atoms with Gasteiger partial charge in [0.25, 0.3) is 0 Å². The molecule has 1 saturated heterocycles. The molecule has 22 heavy (non-hydrogen) atoms. The maximum Gasteiger partial charge on any atom is 0.220 e. The summed E-state index contributed by atoms with van der Waals surface area (Å²) in [6.45, 7) is 1.05. The standard InChI is InChI=1S/C14H21N3O3S2/c18-13(3-4-14-15-7-10-21-14)16-11-5-8-17(9-6-11)22(19,20)12-1-2-12/h7,10-12H,1-6,8-9H2,(H,16,18). The zero-order valence-electron chi connectivity index (χ0n) is 12.4. The summed E-state index contributed by atoms with van der Waals surface area (Å²) in [4.78, 5) is 16.1. The summed E-state index contributed by atoms with van der Waals surface area (Å²) in [6, 6.07) is 0.0921. The molecule has 0 atom stereocenters. The monoisotopic (exact) mass is 343 g/mol. The molecule has 122 valence electrons. The summed E-state index contributed by atoms with van der Waals surface area (Å²) in [5.74, 6) is 0.0266. The second kappa shape index (κ2) is 6.64. The van der Waals surface area contributed by atoms with Gasteiger partial charge in [0.05, 0.1) is 10.3 Å². The van der Waals surface area contributed by atoms with Crippen molar-refractivity contribution in [1.29, 1.82) is 0 Å². The van der Waals surface area contributed by atoms with Gasteiger partial charge in [-0.2, -0.15) is 0 Å². The number of nitrogens with one attached hydrogen (secondary N) is 1. The molecule has 0 aromatic carbocycles. The molecule has 1 aromatic rings. The Morgan fingerprint density at radius 3 is 2.64 bits per heavy atom. The first kappa shape index (κ1) is 15.9. The molecular weight excluding hydrogens is 322 g/mol. The quantitative estimate of drug-likeness (QED) is 0.840. The predicted octanol–water partition coefficient (Wildman–Crippen LogP) is 1.15. The summed E-state index contributed by atoms with van der Waals surface area (Å²) in [5, 5.41) is 5.75. The number of carbonyl (C=O) groups is 1. The van der Waals surface area contributed by atoms with E-state index in [1.54, 1.807) is 21.8 Å². The zero-order valence-corrected chi connectivity index (χ0v) is 14.0. The number of aryl methyl sites for hydroxylation is 1. The van der Waals surface area contributed by atoms with Crippen molar-refractivity contribution in [3.05, 3.63) is 16.6 Å². The summed E-state index contributed by atoms with van der Waals surface area (Å²) in [5.41, 5.74) is 0. The lowest BCUT2D eigenvalue weighted by atomic mass is 10.1. The van der Waals surface area contributed by atoms with Gasteiger partial charge in [0.1, 0.15) is 0 Å². The minimum absolute atomic E-state index is 0.0266. The third kappa shape index (κ3) is 3.85. The van der Waals surface area contributed by atoms with E-state index in [9.17, 15) is 13.2 Å². The van der Waals surface area contributed by atoms with Crippen LogP contribution in [0.2, 0.25) is 0 Å². The van der Waals surface area contributed by atoms with E-state index in [-0.39, 0.29) is 17.2 Å². The summed E-state index contributed by atoms with van der Waals surface area (Å²) >= 11 is 1.56. The van der Waals surface area contributed by atoms with Gasteiger partial charge in [-0.15, -0.1) is 11.3 Å². The Balaban J connectivity index is 1.41. The number of sulfonamides is 1. The molecule has 1 amide bonds. The third-order valence-corrected chi connectivity index (χ3v) is 7.41. The van der Waals surface area contributed by atoms with Crippen molar-refractivity contribution in [2.24, 2.45) is 0 Å². The molecule has 0 radical (unpaired) electrons. The number of rotatable bonds is 6. The van der Waals surface area contributed by atoms with Crippen LogP contribution < -0.4 is 5.32 Å². The van der Waals surface area contributed by atoms with Gasteiger partial charge in [0.2, 0.25) is 15.9 Å². The fourth-order valence-corrected chi connectivity index (χ4v) is 5.22. The average molecular weight is 343 g/mol. The lowest BCUT2D eigenvalue weighted by Crippen LogP contribution is -2.47. The smallest absolute Gasteiger partial charge is 0.220 e. The molecule has 1 aliphatic carbocycles. The Morgan fingerprint density at radius 2 is 2.05 bits per heavy atom. The highest BCUT2D eigenvalue weighted by Crippen LogP contribution is 2.32. The number of aromatic nitrogens is 1. The van der Waals surface area contributed by atoms with Gasteiger partial charge in [-0.3, -0.25) is 4.79 Å². The molecule has 2 fully saturated rings. The lowest BCUT2D eigenvalue weighted by molar-refractivity contribution is -0.122. The van der Waals surface area contributed by atoms with Gasteiger partial charge in [0, 0.05) is 43.5 Å². The van der Waals surface area contributed by atoms with Crippen LogP contribution in [0.5, 0.6) is 0 Å². The number of carbonyl (C=O) groups excluding carboxylic acids is 1. The SMILES string of the molecule is O=C(CCc1nccs1)NC1CCN(S(=O)(=O)C2CC2)CC1. The fourth-order valence-electron chi connectivity index (χ4n) is 2.73. The number of thiazole rings is 1. The lowest BCUT2D eigenvalue weighted by Gasteiger charge is -2.31. The van der Waals surface area contributed by atoms with Crippen LogP contribution in [0.25, 0.3) is 0 Å². The van der Waals surface area contributed by atoms with Crippen molar-refractivity contribution in [1.82, 2.24) is 14.6 Å². The molecule has 8 heteroatoms. The first-order valence-corrected chi connectivity index (χ1v) is 10.1. The molecule has 0 unspecified atom stereocenters. The van der Waals surface area contributed by atoms with Crippen molar-refractivity contribution in [3.63, 3.8) is 0 Å². The molecule has 2 aliphatic rings. The van der Waals surface area contributed by atoms with Gasteiger partial charge in [0.15, 0.2) is 0 Å². The van der Waals surface area contributed by atoms with E-state index in [2.05, 4.69) is 10.3 Å². The Hall–Kier alpha value is -0.990. The maximum absolute atomic E-state index is 12.1. The number of hydrogen-bond acceptors (Lipinski definition) is 5. The topological polar surface area (TPSA) is 79.4 Å². The predicted molar refractivity (Wildman–Crippen MR) is 85.1 cm³/mol. The molecule has 1 aromatic heterocycles. The minimum Gasteiger partial charge on any atom is -0.353 e. The third-order valence-electron chi connectivity index (χ3n) is 4.17. The molecule has 0 bridgehead atoms. The second-order valence-corrected chi connectivity index (χ2v) is 9.10. The Kier molecular flexibility index (Phi) is 4.79. The molecule has 2 heterocycles. The van der Waals surface area contributed by atoms with Gasteiger partial charge >= 0.3 is 0 Å². The Morgan fingerprint density at radius 1 is 1.32 bits per heavy atom. The van der Waals surface area contributed by atoms with E-state index in [4.69, 9.17) is 0 Å². The van der Waals surface area contributed by atoms with Crippen molar-refractivity contribution in [2.45, 2.75) is 49.8 Å². The van der Waals surface area contributed by atoms with Crippen LogP contribution in [-0.4, -0.2) is 48.0 Å². The van der Waals surface area contributed by atoms with Crippen molar-refractivity contribution in [2.75, 3.05) is 13.1 Å². The maximum atomic E-state index is 12.1. The zero-order chi connectivity index (χ0) is 15.6. The average Bonchev–Trinajstić information content (AvgIpc) is 3.24. The molecule has 6 nitrogen and oxygen atoms in total. The van der Waals surface area contributed by atoms with Crippen molar-refractivity contribution < 1.29 is 13.2 Å². The van der Waals surface area contributed by atoms with E-state index in [1.807, 2.05) is 5.38 Å². The van der Waals surface area contributed by atoms with Gasteiger partial charge < -0.3 is 5.32 Å². The van der Waals surface area contributed by atoms with E-state index in [1.165, 1.54) is 0 Å². The summed E-state index contributed by atoms with van der Waals surface area (Å²) in [7, 11) is -3.07. The summed E-state index contributed by atoms with van der Waals surface area (Å²) in [6.07, 6.45) is 5.86.